The van der Waals surface area contributed by atoms with Crippen molar-refractivity contribution in [3.63, 3.8) is 0 Å². The summed E-state index contributed by atoms with van der Waals surface area (Å²) < 4.78 is 5.59. The Bertz CT molecular complexity index is 413. The molecule has 3 N–H and O–H groups in total. The van der Waals surface area contributed by atoms with Gasteiger partial charge in [0.25, 0.3) is 0 Å². The van der Waals surface area contributed by atoms with Crippen LogP contribution < -0.4 is 15.8 Å². The number of carbonyl (C=O) groups is 1. The van der Waals surface area contributed by atoms with Gasteiger partial charge in [-0.3, -0.25) is 4.79 Å². The number of ether oxygens (including phenoxy) is 1. The van der Waals surface area contributed by atoms with Gasteiger partial charge >= 0.3 is 0 Å². The number of carbonyl (C=O) groups excluding carboxylic acids is 1. The van der Waals surface area contributed by atoms with Crippen molar-refractivity contribution in [3.8, 4) is 5.75 Å². The zero-order valence-corrected chi connectivity index (χ0v) is 12.8. The molecular weight excluding hydrogens is 252 g/mol. The minimum absolute atomic E-state index is 0.0289. The normalized spacial score (nSPS) is 13.9. The molecule has 4 heteroatoms. The topological polar surface area (TPSA) is 64.3 Å². The smallest absolute Gasteiger partial charge is 0.224 e. The van der Waals surface area contributed by atoms with Crippen molar-refractivity contribution in [2.45, 2.75) is 39.7 Å². The Hall–Kier alpha value is -1.55. The van der Waals surface area contributed by atoms with E-state index < -0.39 is 0 Å². The fourth-order valence-electron chi connectivity index (χ4n) is 1.69. The van der Waals surface area contributed by atoms with E-state index in [9.17, 15) is 4.79 Å². The summed E-state index contributed by atoms with van der Waals surface area (Å²) in [6, 6.07) is 7.91. The van der Waals surface area contributed by atoms with Crippen molar-refractivity contribution in [2.75, 3.05) is 13.2 Å². The third-order valence-electron chi connectivity index (χ3n) is 3.42. The van der Waals surface area contributed by atoms with Gasteiger partial charge < -0.3 is 15.8 Å². The molecule has 0 radical (unpaired) electrons. The standard InChI is InChI=1S/C16H26N2O2/c1-11(2)14-5-7-15(8-6-14)20-10-9-18-16(19)12(3)13(4)17/h5-8,11-13H,9-10,17H2,1-4H3,(H,18,19). The van der Waals surface area contributed by atoms with Gasteiger partial charge in [0, 0.05) is 12.0 Å². The minimum atomic E-state index is -0.180. The Morgan fingerprint density at radius 1 is 1.20 bits per heavy atom. The van der Waals surface area contributed by atoms with E-state index in [4.69, 9.17) is 10.5 Å². The van der Waals surface area contributed by atoms with E-state index in [0.29, 0.717) is 19.1 Å². The SMILES string of the molecule is CC(C)c1ccc(OCCNC(=O)C(C)C(C)N)cc1. The number of hydrogen-bond donors (Lipinski definition) is 2. The average Bonchev–Trinajstić information content (AvgIpc) is 2.42. The fraction of sp³-hybridized carbons (Fsp3) is 0.562. The Balaban J connectivity index is 2.29. The van der Waals surface area contributed by atoms with E-state index in [1.54, 1.807) is 0 Å². The molecule has 1 aromatic carbocycles. The van der Waals surface area contributed by atoms with Crippen LogP contribution in [-0.2, 0) is 4.79 Å². The maximum absolute atomic E-state index is 11.7. The lowest BCUT2D eigenvalue weighted by atomic mass is 10.0. The molecule has 20 heavy (non-hydrogen) atoms. The van der Waals surface area contributed by atoms with E-state index >= 15 is 0 Å². The Labute approximate surface area is 121 Å². The van der Waals surface area contributed by atoms with Gasteiger partial charge in [0.2, 0.25) is 5.91 Å². The molecule has 0 heterocycles. The second-order valence-electron chi connectivity index (χ2n) is 5.51. The lowest BCUT2D eigenvalue weighted by molar-refractivity contribution is -0.125. The summed E-state index contributed by atoms with van der Waals surface area (Å²) in [7, 11) is 0. The molecule has 2 unspecified atom stereocenters. The van der Waals surface area contributed by atoms with E-state index in [0.717, 1.165) is 5.75 Å². The van der Waals surface area contributed by atoms with Crippen LogP contribution in [-0.4, -0.2) is 25.1 Å². The number of amides is 1. The molecule has 0 aromatic heterocycles. The molecule has 0 saturated carbocycles. The Morgan fingerprint density at radius 3 is 2.30 bits per heavy atom. The summed E-state index contributed by atoms with van der Waals surface area (Å²) in [6.45, 7) is 8.92. The summed E-state index contributed by atoms with van der Waals surface area (Å²) in [5.41, 5.74) is 6.97. The van der Waals surface area contributed by atoms with Crippen molar-refractivity contribution < 1.29 is 9.53 Å². The van der Waals surface area contributed by atoms with Gasteiger partial charge in [0.1, 0.15) is 12.4 Å². The zero-order valence-electron chi connectivity index (χ0n) is 12.8. The highest BCUT2D eigenvalue weighted by atomic mass is 16.5. The highest BCUT2D eigenvalue weighted by Crippen LogP contribution is 2.18. The number of nitrogens with two attached hydrogens (primary N) is 1. The number of hydrogen-bond acceptors (Lipinski definition) is 3. The molecule has 1 amide bonds. The molecule has 2 atom stereocenters. The van der Waals surface area contributed by atoms with Crippen molar-refractivity contribution in [3.05, 3.63) is 29.8 Å². The van der Waals surface area contributed by atoms with Crippen molar-refractivity contribution in [2.24, 2.45) is 11.7 Å². The first-order chi connectivity index (χ1) is 9.41. The molecule has 0 bridgehead atoms. The molecule has 1 rings (SSSR count). The Kier molecular flexibility index (Phi) is 6.52. The zero-order chi connectivity index (χ0) is 15.1. The fourth-order valence-corrected chi connectivity index (χ4v) is 1.69. The summed E-state index contributed by atoms with van der Waals surface area (Å²) in [4.78, 5) is 11.7. The first-order valence-corrected chi connectivity index (χ1v) is 7.18. The maximum Gasteiger partial charge on any atom is 0.224 e. The summed E-state index contributed by atoms with van der Waals surface area (Å²) in [5, 5.41) is 2.82. The Morgan fingerprint density at radius 2 is 1.80 bits per heavy atom. The van der Waals surface area contributed by atoms with E-state index in [1.807, 2.05) is 26.0 Å². The molecule has 0 aliphatic heterocycles. The molecule has 4 nitrogen and oxygen atoms in total. The average molecular weight is 278 g/mol. The van der Waals surface area contributed by atoms with Gasteiger partial charge in [-0.1, -0.05) is 32.9 Å². The maximum atomic E-state index is 11.7. The van der Waals surface area contributed by atoms with Gasteiger partial charge in [0.05, 0.1) is 6.54 Å². The van der Waals surface area contributed by atoms with Gasteiger partial charge in [0.15, 0.2) is 0 Å². The van der Waals surface area contributed by atoms with Crippen molar-refractivity contribution in [1.82, 2.24) is 5.32 Å². The van der Waals surface area contributed by atoms with Crippen LogP contribution in [0.4, 0.5) is 0 Å². The molecule has 0 aliphatic carbocycles. The van der Waals surface area contributed by atoms with Crippen LogP contribution in [0.15, 0.2) is 24.3 Å². The monoisotopic (exact) mass is 278 g/mol. The van der Waals surface area contributed by atoms with Crippen LogP contribution >= 0.6 is 0 Å². The van der Waals surface area contributed by atoms with Crippen LogP contribution in [0.2, 0.25) is 0 Å². The second kappa shape index (κ2) is 7.90. The van der Waals surface area contributed by atoms with Gasteiger partial charge in [-0.15, -0.1) is 0 Å². The van der Waals surface area contributed by atoms with Crippen LogP contribution in [0.3, 0.4) is 0 Å². The van der Waals surface area contributed by atoms with Crippen LogP contribution in [0.1, 0.15) is 39.2 Å². The predicted octanol–water partition coefficient (Wildman–Crippen LogP) is 2.29. The van der Waals surface area contributed by atoms with E-state index in [1.165, 1.54) is 5.56 Å². The first kappa shape index (κ1) is 16.5. The highest BCUT2D eigenvalue weighted by molar-refractivity contribution is 5.78. The highest BCUT2D eigenvalue weighted by Gasteiger charge is 2.15. The van der Waals surface area contributed by atoms with Crippen LogP contribution in [0.25, 0.3) is 0 Å². The number of benzene rings is 1. The summed E-state index contributed by atoms with van der Waals surface area (Å²) in [5.74, 6) is 1.13. The minimum Gasteiger partial charge on any atom is -0.492 e. The van der Waals surface area contributed by atoms with E-state index in [2.05, 4.69) is 31.3 Å². The molecular formula is C16H26N2O2. The lowest BCUT2D eigenvalue weighted by Gasteiger charge is -2.15. The first-order valence-electron chi connectivity index (χ1n) is 7.18. The molecule has 1 aromatic rings. The molecule has 112 valence electrons. The largest absolute Gasteiger partial charge is 0.492 e. The van der Waals surface area contributed by atoms with Gasteiger partial charge in [-0.05, 0) is 30.5 Å². The molecule has 0 fully saturated rings. The molecule has 0 spiro atoms. The summed E-state index contributed by atoms with van der Waals surface area (Å²) in [6.07, 6.45) is 0. The van der Waals surface area contributed by atoms with Gasteiger partial charge in [-0.2, -0.15) is 0 Å². The third kappa shape index (κ3) is 5.21. The number of rotatable bonds is 7. The third-order valence-corrected chi connectivity index (χ3v) is 3.42. The lowest BCUT2D eigenvalue weighted by Crippen LogP contribution is -2.40. The number of nitrogens with one attached hydrogen (secondary N) is 1. The van der Waals surface area contributed by atoms with Crippen LogP contribution in [0, 0.1) is 5.92 Å². The van der Waals surface area contributed by atoms with Crippen LogP contribution in [0.5, 0.6) is 5.75 Å². The molecule has 0 aliphatic rings. The quantitative estimate of drug-likeness (QED) is 0.752. The second-order valence-corrected chi connectivity index (χ2v) is 5.51. The summed E-state index contributed by atoms with van der Waals surface area (Å²) >= 11 is 0. The predicted molar refractivity (Wildman–Crippen MR) is 81.8 cm³/mol. The van der Waals surface area contributed by atoms with Gasteiger partial charge in [-0.25, -0.2) is 0 Å². The molecule has 0 saturated heterocycles. The van der Waals surface area contributed by atoms with Crippen molar-refractivity contribution >= 4 is 5.91 Å². The van der Waals surface area contributed by atoms with E-state index in [-0.39, 0.29) is 17.9 Å². The van der Waals surface area contributed by atoms with Crippen molar-refractivity contribution in [1.29, 1.82) is 0 Å².